The van der Waals surface area contributed by atoms with Crippen LogP contribution in [0.25, 0.3) is 0 Å². The highest BCUT2D eigenvalue weighted by Gasteiger charge is 2.07. The van der Waals surface area contributed by atoms with E-state index in [1.54, 1.807) is 18.2 Å². The summed E-state index contributed by atoms with van der Waals surface area (Å²) in [5.41, 5.74) is 6.05. The second kappa shape index (κ2) is 7.01. The molecule has 1 aromatic carbocycles. The number of thioether (sulfide) groups is 1. The maximum Gasteiger partial charge on any atom is 0.367 e. The zero-order valence-corrected chi connectivity index (χ0v) is 10.7. The summed E-state index contributed by atoms with van der Waals surface area (Å²) in [6.07, 6.45) is 0. The van der Waals surface area contributed by atoms with Crippen molar-refractivity contribution < 1.29 is 9.53 Å². The Morgan fingerprint density at radius 1 is 1.44 bits per heavy atom. The lowest BCUT2D eigenvalue weighted by Crippen LogP contribution is -2.10. The number of rotatable bonds is 4. The van der Waals surface area contributed by atoms with Gasteiger partial charge in [-0.25, -0.2) is 4.79 Å². The smallest absolute Gasteiger partial charge is 0.367 e. The molecule has 0 radical (unpaired) electrons. The van der Waals surface area contributed by atoms with Crippen LogP contribution in [0.1, 0.15) is 5.56 Å². The summed E-state index contributed by atoms with van der Waals surface area (Å²) in [7, 11) is 0. The van der Waals surface area contributed by atoms with Crippen LogP contribution in [0.4, 0.5) is 4.79 Å². The number of hydrogen-bond acceptors (Lipinski definition) is 4. The number of ether oxygens (including phenoxy) is 1. The second-order valence-corrected chi connectivity index (χ2v) is 4.67. The Labute approximate surface area is 108 Å². The van der Waals surface area contributed by atoms with Gasteiger partial charge in [-0.1, -0.05) is 29.3 Å². The van der Waals surface area contributed by atoms with E-state index in [2.05, 4.69) is 0 Å². The van der Waals surface area contributed by atoms with E-state index >= 15 is 0 Å². The topological polar surface area (TPSA) is 52.3 Å². The molecular weight excluding hydrogens is 269 g/mol. The summed E-state index contributed by atoms with van der Waals surface area (Å²) in [5, 5.41) is 0.771. The normalized spacial score (nSPS) is 10.2. The lowest BCUT2D eigenvalue weighted by molar-refractivity contribution is 0.178. The number of carbonyl (C=O) groups is 1. The molecule has 16 heavy (non-hydrogen) atoms. The molecular formula is C10H11Cl2NO2S. The fourth-order valence-corrected chi connectivity index (χ4v) is 2.21. The highest BCUT2D eigenvalue weighted by Crippen LogP contribution is 2.25. The molecule has 0 fully saturated rings. The fourth-order valence-electron chi connectivity index (χ4n) is 0.959. The van der Waals surface area contributed by atoms with Crippen LogP contribution in [-0.2, 0) is 10.5 Å². The van der Waals surface area contributed by atoms with E-state index in [1.807, 2.05) is 0 Å². The summed E-state index contributed by atoms with van der Waals surface area (Å²) in [6.45, 7) is 0.564. The molecule has 0 aliphatic carbocycles. The molecule has 0 aliphatic heterocycles. The van der Waals surface area contributed by atoms with E-state index in [0.717, 1.165) is 17.3 Å². The highest BCUT2D eigenvalue weighted by atomic mass is 35.5. The minimum absolute atomic E-state index is 0.236. The maximum atomic E-state index is 11.2. The van der Waals surface area contributed by atoms with Gasteiger partial charge in [0.2, 0.25) is 0 Å². The molecule has 0 amide bonds. The van der Waals surface area contributed by atoms with E-state index < -0.39 is 0 Å². The third-order valence-corrected chi connectivity index (χ3v) is 3.09. The number of carbonyl (C=O) groups excluding carboxylic acids is 1. The molecule has 6 heteroatoms. The van der Waals surface area contributed by atoms with Gasteiger partial charge in [0, 0.05) is 22.3 Å². The molecule has 0 atom stereocenters. The van der Waals surface area contributed by atoms with Gasteiger partial charge in [-0.3, -0.25) is 0 Å². The van der Waals surface area contributed by atoms with Crippen molar-refractivity contribution in [3.63, 3.8) is 0 Å². The summed E-state index contributed by atoms with van der Waals surface area (Å²) in [6, 6.07) is 5.16. The van der Waals surface area contributed by atoms with Crippen molar-refractivity contribution >= 4 is 40.3 Å². The van der Waals surface area contributed by atoms with Crippen LogP contribution in [0.5, 0.6) is 0 Å². The molecule has 0 saturated carbocycles. The first kappa shape index (κ1) is 13.6. The average Bonchev–Trinajstić information content (AvgIpc) is 2.25. The Balaban J connectivity index is 2.45. The van der Waals surface area contributed by atoms with Gasteiger partial charge < -0.3 is 10.5 Å². The molecule has 0 unspecified atom stereocenters. The number of halogens is 2. The molecule has 0 bridgehead atoms. The van der Waals surface area contributed by atoms with Crippen LogP contribution in [0.15, 0.2) is 18.2 Å². The fraction of sp³-hybridized carbons (Fsp3) is 0.300. The van der Waals surface area contributed by atoms with E-state index in [4.69, 9.17) is 33.7 Å². The summed E-state index contributed by atoms with van der Waals surface area (Å²) >= 11 is 12.7. The Morgan fingerprint density at radius 3 is 2.81 bits per heavy atom. The molecule has 2 N–H and O–H groups in total. The monoisotopic (exact) mass is 279 g/mol. The lowest BCUT2D eigenvalue weighted by Gasteiger charge is -2.04. The summed E-state index contributed by atoms with van der Waals surface area (Å²) in [5.74, 6) is 0.458. The summed E-state index contributed by atoms with van der Waals surface area (Å²) in [4.78, 5) is 11.2. The molecule has 0 heterocycles. The zero-order chi connectivity index (χ0) is 12.0. The predicted molar refractivity (Wildman–Crippen MR) is 68.2 cm³/mol. The first-order valence-electron chi connectivity index (χ1n) is 4.57. The van der Waals surface area contributed by atoms with Crippen molar-refractivity contribution in [1.29, 1.82) is 0 Å². The Bertz CT molecular complexity index is 374. The Morgan fingerprint density at radius 2 is 2.19 bits per heavy atom. The number of nitrogens with two attached hydrogens (primary N) is 1. The standard InChI is InChI=1S/C10H11Cl2NO2S/c11-8-2-1-7(9(12)5-8)6-16-10(14)15-4-3-13/h1-2,5H,3-4,6,13H2. The Kier molecular flexibility index (Phi) is 5.98. The molecule has 1 aromatic rings. The van der Waals surface area contributed by atoms with Gasteiger partial charge in [0.25, 0.3) is 0 Å². The molecule has 1 rings (SSSR count). The van der Waals surface area contributed by atoms with Gasteiger partial charge in [-0.2, -0.15) is 0 Å². The number of benzene rings is 1. The van der Waals surface area contributed by atoms with Crippen LogP contribution in [0.3, 0.4) is 0 Å². The van der Waals surface area contributed by atoms with Crippen molar-refractivity contribution in [3.8, 4) is 0 Å². The van der Waals surface area contributed by atoms with Crippen LogP contribution in [0.2, 0.25) is 10.0 Å². The average molecular weight is 280 g/mol. The zero-order valence-electron chi connectivity index (χ0n) is 8.41. The van der Waals surface area contributed by atoms with E-state index in [9.17, 15) is 4.79 Å². The summed E-state index contributed by atoms with van der Waals surface area (Å²) < 4.78 is 4.81. The highest BCUT2D eigenvalue weighted by molar-refractivity contribution is 8.12. The van der Waals surface area contributed by atoms with Crippen LogP contribution < -0.4 is 5.73 Å². The van der Waals surface area contributed by atoms with Gasteiger partial charge in [0.15, 0.2) is 0 Å². The largest absolute Gasteiger partial charge is 0.456 e. The van der Waals surface area contributed by atoms with Crippen LogP contribution in [0, 0.1) is 0 Å². The molecule has 0 saturated heterocycles. The first-order valence-corrected chi connectivity index (χ1v) is 6.31. The predicted octanol–water partition coefficient (Wildman–Crippen LogP) is 3.32. The third kappa shape index (κ3) is 4.61. The molecule has 0 spiro atoms. The van der Waals surface area contributed by atoms with E-state index in [1.165, 1.54) is 0 Å². The van der Waals surface area contributed by atoms with E-state index in [-0.39, 0.29) is 11.9 Å². The molecule has 0 aromatic heterocycles. The second-order valence-electron chi connectivity index (χ2n) is 2.91. The third-order valence-electron chi connectivity index (χ3n) is 1.70. The minimum atomic E-state index is -0.350. The minimum Gasteiger partial charge on any atom is -0.456 e. The van der Waals surface area contributed by atoms with Crippen molar-refractivity contribution in [2.24, 2.45) is 5.73 Å². The first-order chi connectivity index (χ1) is 7.63. The van der Waals surface area contributed by atoms with Crippen molar-refractivity contribution in [3.05, 3.63) is 33.8 Å². The van der Waals surface area contributed by atoms with Crippen molar-refractivity contribution in [2.45, 2.75) is 5.75 Å². The van der Waals surface area contributed by atoms with Gasteiger partial charge in [-0.15, -0.1) is 0 Å². The van der Waals surface area contributed by atoms with E-state index in [0.29, 0.717) is 22.3 Å². The van der Waals surface area contributed by atoms with Gasteiger partial charge in [0.1, 0.15) is 6.61 Å². The molecule has 3 nitrogen and oxygen atoms in total. The SMILES string of the molecule is NCCOC(=O)SCc1ccc(Cl)cc1Cl. The van der Waals surface area contributed by atoms with Gasteiger partial charge in [0.05, 0.1) is 0 Å². The van der Waals surface area contributed by atoms with Crippen LogP contribution >= 0.6 is 35.0 Å². The van der Waals surface area contributed by atoms with Gasteiger partial charge >= 0.3 is 5.30 Å². The molecule has 88 valence electrons. The quantitative estimate of drug-likeness (QED) is 0.859. The van der Waals surface area contributed by atoms with Gasteiger partial charge in [-0.05, 0) is 29.5 Å². The lowest BCUT2D eigenvalue weighted by atomic mass is 10.2. The number of hydrogen-bond donors (Lipinski definition) is 1. The molecule has 0 aliphatic rings. The van der Waals surface area contributed by atoms with Crippen LogP contribution in [-0.4, -0.2) is 18.5 Å². The Hall–Kier alpha value is -0.420. The maximum absolute atomic E-state index is 11.2. The van der Waals surface area contributed by atoms with Crippen molar-refractivity contribution in [2.75, 3.05) is 13.2 Å². The van der Waals surface area contributed by atoms with Crippen molar-refractivity contribution in [1.82, 2.24) is 0 Å².